The first kappa shape index (κ1) is 24.4. The molecule has 1 heterocycles. The van der Waals surface area contributed by atoms with Crippen molar-refractivity contribution in [3.8, 4) is 17.2 Å². The van der Waals surface area contributed by atoms with Crippen molar-refractivity contribution in [2.75, 3.05) is 20.3 Å². The average Bonchev–Trinajstić information content (AvgIpc) is 3.12. The minimum Gasteiger partial charge on any atom is -0.497 e. The van der Waals surface area contributed by atoms with Crippen LogP contribution in [0.2, 0.25) is 5.02 Å². The van der Waals surface area contributed by atoms with E-state index in [1.807, 2.05) is 0 Å². The SMILES string of the molecule is COc1ccc(C(=O)Oc2cccc(/C=C3\SC(=O)N(CCOc4ccc(Cl)cc4)C3=O)c2)cc1. The average molecular weight is 510 g/mol. The summed E-state index contributed by atoms with van der Waals surface area (Å²) in [5.41, 5.74) is 0.992. The number of halogens is 1. The molecular formula is C26H20ClNO6S. The molecule has 1 fully saturated rings. The van der Waals surface area contributed by atoms with Crippen molar-refractivity contribution in [2.45, 2.75) is 0 Å². The monoisotopic (exact) mass is 509 g/mol. The number of hydrogen-bond acceptors (Lipinski definition) is 7. The maximum absolute atomic E-state index is 12.8. The van der Waals surface area contributed by atoms with E-state index in [-0.39, 0.29) is 23.3 Å². The van der Waals surface area contributed by atoms with Crippen LogP contribution in [0.1, 0.15) is 15.9 Å². The minimum absolute atomic E-state index is 0.115. The Bertz CT molecular complexity index is 1270. The summed E-state index contributed by atoms with van der Waals surface area (Å²) in [5, 5.41) is 0.219. The molecule has 1 saturated heterocycles. The highest BCUT2D eigenvalue weighted by molar-refractivity contribution is 8.18. The van der Waals surface area contributed by atoms with Crippen molar-refractivity contribution in [1.82, 2.24) is 4.90 Å². The van der Waals surface area contributed by atoms with E-state index < -0.39 is 11.9 Å². The van der Waals surface area contributed by atoms with E-state index in [1.165, 1.54) is 0 Å². The van der Waals surface area contributed by atoms with E-state index in [9.17, 15) is 14.4 Å². The molecule has 9 heteroatoms. The lowest BCUT2D eigenvalue weighted by Gasteiger charge is -2.13. The summed E-state index contributed by atoms with van der Waals surface area (Å²) < 4.78 is 16.1. The lowest BCUT2D eigenvalue weighted by Crippen LogP contribution is -2.32. The Balaban J connectivity index is 1.38. The van der Waals surface area contributed by atoms with Gasteiger partial charge in [0.15, 0.2) is 0 Å². The smallest absolute Gasteiger partial charge is 0.343 e. The van der Waals surface area contributed by atoms with E-state index in [0.29, 0.717) is 33.4 Å². The van der Waals surface area contributed by atoms with Gasteiger partial charge in [-0.15, -0.1) is 0 Å². The maximum atomic E-state index is 12.8. The molecule has 0 atom stereocenters. The number of imide groups is 1. The highest BCUT2D eigenvalue weighted by Crippen LogP contribution is 2.32. The van der Waals surface area contributed by atoms with Crippen LogP contribution in [0.3, 0.4) is 0 Å². The summed E-state index contributed by atoms with van der Waals surface area (Å²) in [6.45, 7) is 0.272. The number of hydrogen-bond donors (Lipinski definition) is 0. The van der Waals surface area contributed by atoms with Crippen molar-refractivity contribution < 1.29 is 28.6 Å². The van der Waals surface area contributed by atoms with Gasteiger partial charge in [-0.3, -0.25) is 14.5 Å². The van der Waals surface area contributed by atoms with Gasteiger partial charge in [0.05, 0.1) is 24.1 Å². The van der Waals surface area contributed by atoms with Crippen molar-refractivity contribution >= 4 is 46.6 Å². The largest absolute Gasteiger partial charge is 0.497 e. The van der Waals surface area contributed by atoms with Crippen LogP contribution in [0.4, 0.5) is 4.79 Å². The van der Waals surface area contributed by atoms with E-state index in [2.05, 4.69) is 0 Å². The molecule has 0 radical (unpaired) electrons. The van der Waals surface area contributed by atoms with Gasteiger partial charge >= 0.3 is 5.97 Å². The van der Waals surface area contributed by atoms with Crippen LogP contribution in [-0.2, 0) is 4.79 Å². The fourth-order valence-corrected chi connectivity index (χ4v) is 4.18. The zero-order valence-corrected chi connectivity index (χ0v) is 20.2. The standard InChI is InChI=1S/C26H20ClNO6S/c1-32-20-9-5-18(6-10-20)25(30)34-22-4-2-3-17(15-22)16-23-24(29)28(26(31)35-23)13-14-33-21-11-7-19(27)8-12-21/h2-12,15-16H,13-14H2,1H3/b23-16-. The molecule has 178 valence electrons. The van der Waals surface area contributed by atoms with Gasteiger partial charge in [-0.1, -0.05) is 23.7 Å². The molecule has 0 unspecified atom stereocenters. The Morgan fingerprint density at radius 1 is 0.971 bits per heavy atom. The first-order chi connectivity index (χ1) is 16.9. The van der Waals surface area contributed by atoms with Crippen molar-refractivity contribution in [1.29, 1.82) is 0 Å². The Morgan fingerprint density at radius 2 is 1.69 bits per heavy atom. The molecule has 0 N–H and O–H groups in total. The highest BCUT2D eigenvalue weighted by atomic mass is 35.5. The fraction of sp³-hybridized carbons (Fsp3) is 0.115. The van der Waals surface area contributed by atoms with Gasteiger partial charge in [-0.25, -0.2) is 4.79 Å². The first-order valence-electron chi connectivity index (χ1n) is 10.5. The first-order valence-corrected chi connectivity index (χ1v) is 11.7. The predicted molar refractivity (Wildman–Crippen MR) is 134 cm³/mol. The highest BCUT2D eigenvalue weighted by Gasteiger charge is 2.34. The predicted octanol–water partition coefficient (Wildman–Crippen LogP) is 5.68. The fourth-order valence-electron chi connectivity index (χ4n) is 3.19. The van der Waals surface area contributed by atoms with Crippen LogP contribution in [0, 0.1) is 0 Å². The number of amides is 2. The zero-order valence-electron chi connectivity index (χ0n) is 18.6. The molecule has 4 rings (SSSR count). The Hall–Kier alpha value is -3.75. The normalized spacial score (nSPS) is 14.3. The molecule has 0 spiro atoms. The topological polar surface area (TPSA) is 82.1 Å². The molecule has 3 aromatic rings. The molecule has 0 saturated carbocycles. The molecule has 2 amide bonds. The molecule has 1 aliphatic rings. The van der Waals surface area contributed by atoms with Crippen molar-refractivity contribution in [3.05, 3.63) is 93.9 Å². The number of methoxy groups -OCH3 is 1. The molecular weight excluding hydrogens is 490 g/mol. The Labute approximate surface area is 211 Å². The molecule has 7 nitrogen and oxygen atoms in total. The van der Waals surface area contributed by atoms with E-state index in [0.717, 1.165) is 16.7 Å². The van der Waals surface area contributed by atoms with Crippen molar-refractivity contribution in [3.63, 3.8) is 0 Å². The molecule has 0 aliphatic carbocycles. The van der Waals surface area contributed by atoms with E-state index in [4.69, 9.17) is 25.8 Å². The number of carbonyl (C=O) groups excluding carboxylic acids is 3. The third-order valence-corrected chi connectivity index (χ3v) is 6.12. The van der Waals surface area contributed by atoms with E-state index >= 15 is 0 Å². The second kappa shape index (κ2) is 11.1. The van der Waals surface area contributed by atoms with Crippen LogP contribution in [0.25, 0.3) is 6.08 Å². The van der Waals surface area contributed by atoms with E-state index in [1.54, 1.807) is 86.0 Å². The summed E-state index contributed by atoms with van der Waals surface area (Å²) >= 11 is 6.70. The zero-order chi connectivity index (χ0) is 24.8. The molecule has 0 bridgehead atoms. The lowest BCUT2D eigenvalue weighted by atomic mass is 10.2. The van der Waals surface area contributed by atoms with Crippen LogP contribution >= 0.6 is 23.4 Å². The summed E-state index contributed by atoms with van der Waals surface area (Å²) in [7, 11) is 1.54. The third kappa shape index (κ3) is 6.23. The Morgan fingerprint density at radius 3 is 2.40 bits per heavy atom. The number of esters is 1. The quantitative estimate of drug-likeness (QED) is 0.219. The molecule has 1 aliphatic heterocycles. The van der Waals surface area contributed by atoms with Gasteiger partial charge in [0.25, 0.3) is 11.1 Å². The van der Waals surface area contributed by atoms with Gasteiger partial charge in [-0.05, 0) is 84.1 Å². The molecule has 0 aromatic heterocycles. The number of nitrogens with zero attached hydrogens (tertiary/aromatic N) is 1. The van der Waals surface area contributed by atoms with Gasteiger partial charge < -0.3 is 14.2 Å². The van der Waals surface area contributed by atoms with Crippen LogP contribution in [-0.4, -0.2) is 42.3 Å². The lowest BCUT2D eigenvalue weighted by molar-refractivity contribution is -0.123. The second-order valence-electron chi connectivity index (χ2n) is 7.33. The third-order valence-electron chi connectivity index (χ3n) is 4.96. The second-order valence-corrected chi connectivity index (χ2v) is 8.76. The molecule has 3 aromatic carbocycles. The Kier molecular flexibility index (Phi) is 7.74. The van der Waals surface area contributed by atoms with Gasteiger partial charge in [0.1, 0.15) is 23.9 Å². The maximum Gasteiger partial charge on any atom is 0.343 e. The summed E-state index contributed by atoms with van der Waals surface area (Å²) in [4.78, 5) is 39.0. The molecule has 35 heavy (non-hydrogen) atoms. The summed E-state index contributed by atoms with van der Waals surface area (Å²) in [6.07, 6.45) is 1.59. The number of carbonyl (C=O) groups is 3. The van der Waals surface area contributed by atoms with Gasteiger partial charge in [-0.2, -0.15) is 0 Å². The number of benzene rings is 3. The minimum atomic E-state index is -0.522. The summed E-state index contributed by atoms with van der Waals surface area (Å²) in [5.74, 6) is 0.619. The summed E-state index contributed by atoms with van der Waals surface area (Å²) in [6, 6.07) is 20.1. The van der Waals surface area contributed by atoms with Crippen LogP contribution in [0.15, 0.2) is 77.7 Å². The van der Waals surface area contributed by atoms with Crippen LogP contribution < -0.4 is 14.2 Å². The van der Waals surface area contributed by atoms with Gasteiger partial charge in [0.2, 0.25) is 0 Å². The number of ether oxygens (including phenoxy) is 3. The van der Waals surface area contributed by atoms with Gasteiger partial charge in [0, 0.05) is 5.02 Å². The number of rotatable bonds is 8. The van der Waals surface area contributed by atoms with Crippen LogP contribution in [0.5, 0.6) is 17.2 Å². The number of thioether (sulfide) groups is 1. The van der Waals surface area contributed by atoms with Crippen molar-refractivity contribution in [2.24, 2.45) is 0 Å².